The Bertz CT molecular complexity index is 603. The molecule has 3 aromatic rings. The third kappa shape index (κ3) is 1.58. The van der Waals surface area contributed by atoms with E-state index in [1.165, 1.54) is 0 Å². The molecule has 78 valence electrons. The van der Waals surface area contributed by atoms with Gasteiger partial charge < -0.3 is 5.32 Å². The lowest BCUT2D eigenvalue weighted by atomic mass is 10.2. The highest BCUT2D eigenvalue weighted by Gasteiger charge is 2.00. The van der Waals surface area contributed by atoms with E-state index in [2.05, 4.69) is 25.5 Å². The van der Waals surface area contributed by atoms with E-state index in [0.29, 0.717) is 11.8 Å². The van der Waals surface area contributed by atoms with Crippen LogP contribution in [0.4, 0.5) is 11.8 Å². The maximum absolute atomic E-state index is 4.37. The SMILES string of the molecule is c1ccc2nc(Nc3cc[nH]n3)ncc2c1. The van der Waals surface area contributed by atoms with Crippen LogP contribution in [-0.4, -0.2) is 20.2 Å². The first-order valence-corrected chi connectivity index (χ1v) is 4.90. The summed E-state index contributed by atoms with van der Waals surface area (Å²) < 4.78 is 0. The van der Waals surface area contributed by atoms with Gasteiger partial charge >= 0.3 is 0 Å². The van der Waals surface area contributed by atoms with Crippen molar-refractivity contribution in [3.8, 4) is 0 Å². The molecule has 0 radical (unpaired) electrons. The van der Waals surface area contributed by atoms with Gasteiger partial charge in [0.25, 0.3) is 0 Å². The van der Waals surface area contributed by atoms with Crippen molar-refractivity contribution in [3.63, 3.8) is 0 Å². The van der Waals surface area contributed by atoms with Crippen LogP contribution in [-0.2, 0) is 0 Å². The quantitative estimate of drug-likeness (QED) is 0.681. The summed E-state index contributed by atoms with van der Waals surface area (Å²) in [6.07, 6.45) is 3.53. The molecule has 0 fully saturated rings. The molecule has 5 heteroatoms. The second kappa shape index (κ2) is 3.62. The summed E-state index contributed by atoms with van der Waals surface area (Å²) >= 11 is 0. The van der Waals surface area contributed by atoms with Gasteiger partial charge in [-0.25, -0.2) is 9.97 Å². The van der Waals surface area contributed by atoms with Crippen LogP contribution >= 0.6 is 0 Å². The van der Waals surface area contributed by atoms with Crippen molar-refractivity contribution in [2.45, 2.75) is 0 Å². The van der Waals surface area contributed by atoms with E-state index in [0.717, 1.165) is 10.9 Å². The molecule has 3 rings (SSSR count). The Morgan fingerprint density at radius 2 is 2.06 bits per heavy atom. The van der Waals surface area contributed by atoms with E-state index in [-0.39, 0.29) is 0 Å². The van der Waals surface area contributed by atoms with Crippen molar-refractivity contribution in [3.05, 3.63) is 42.7 Å². The summed E-state index contributed by atoms with van der Waals surface area (Å²) in [5.74, 6) is 1.25. The summed E-state index contributed by atoms with van der Waals surface area (Å²) in [5, 5.41) is 10.7. The lowest BCUT2D eigenvalue weighted by Gasteiger charge is -2.01. The molecule has 0 bridgehead atoms. The number of nitrogens with one attached hydrogen (secondary N) is 2. The lowest BCUT2D eigenvalue weighted by Crippen LogP contribution is -1.97. The zero-order chi connectivity index (χ0) is 10.8. The Kier molecular flexibility index (Phi) is 2.00. The summed E-state index contributed by atoms with van der Waals surface area (Å²) in [4.78, 5) is 8.58. The summed E-state index contributed by atoms with van der Waals surface area (Å²) in [6, 6.07) is 9.67. The minimum Gasteiger partial charge on any atom is -0.307 e. The number of aromatic amines is 1. The molecule has 0 unspecified atom stereocenters. The van der Waals surface area contributed by atoms with Crippen molar-refractivity contribution in [2.24, 2.45) is 0 Å². The Hall–Kier alpha value is -2.43. The number of para-hydroxylation sites is 1. The van der Waals surface area contributed by atoms with Crippen molar-refractivity contribution in [1.29, 1.82) is 0 Å². The molecule has 5 nitrogen and oxygen atoms in total. The zero-order valence-corrected chi connectivity index (χ0v) is 8.38. The van der Waals surface area contributed by atoms with Crippen LogP contribution in [0.3, 0.4) is 0 Å². The maximum Gasteiger partial charge on any atom is 0.228 e. The van der Waals surface area contributed by atoms with Crippen LogP contribution in [0.25, 0.3) is 10.9 Å². The molecule has 0 spiro atoms. The average Bonchev–Trinajstić information content (AvgIpc) is 2.82. The number of fused-ring (bicyclic) bond motifs is 1. The van der Waals surface area contributed by atoms with Gasteiger partial charge in [0, 0.05) is 23.8 Å². The van der Waals surface area contributed by atoms with Crippen LogP contribution in [0, 0.1) is 0 Å². The maximum atomic E-state index is 4.37. The van der Waals surface area contributed by atoms with Crippen molar-refractivity contribution >= 4 is 22.7 Å². The van der Waals surface area contributed by atoms with Gasteiger partial charge in [-0.15, -0.1) is 0 Å². The molecule has 0 aliphatic heterocycles. The summed E-state index contributed by atoms with van der Waals surface area (Å²) in [7, 11) is 0. The summed E-state index contributed by atoms with van der Waals surface area (Å²) in [6.45, 7) is 0. The minimum absolute atomic E-state index is 0.547. The lowest BCUT2D eigenvalue weighted by molar-refractivity contribution is 1.08. The number of hydrogen-bond donors (Lipinski definition) is 2. The smallest absolute Gasteiger partial charge is 0.228 e. The molecular weight excluding hydrogens is 202 g/mol. The summed E-state index contributed by atoms with van der Waals surface area (Å²) in [5.41, 5.74) is 0.913. The fraction of sp³-hybridized carbons (Fsp3) is 0. The molecule has 0 aliphatic rings. The van der Waals surface area contributed by atoms with E-state index in [4.69, 9.17) is 0 Å². The van der Waals surface area contributed by atoms with Crippen LogP contribution in [0.5, 0.6) is 0 Å². The topological polar surface area (TPSA) is 66.5 Å². The Morgan fingerprint density at radius 1 is 1.12 bits per heavy atom. The molecule has 2 heterocycles. The van der Waals surface area contributed by atoms with Gasteiger partial charge in [0.1, 0.15) is 0 Å². The monoisotopic (exact) mass is 211 g/mol. The highest BCUT2D eigenvalue weighted by molar-refractivity contribution is 5.78. The Labute approximate surface area is 91.6 Å². The number of anilines is 2. The second-order valence-electron chi connectivity index (χ2n) is 3.34. The zero-order valence-electron chi connectivity index (χ0n) is 8.38. The highest BCUT2D eigenvalue weighted by atomic mass is 15.2. The number of rotatable bonds is 2. The predicted octanol–water partition coefficient (Wildman–Crippen LogP) is 2.10. The number of H-pyrrole nitrogens is 1. The highest BCUT2D eigenvalue weighted by Crippen LogP contribution is 2.14. The third-order valence-electron chi connectivity index (χ3n) is 2.23. The molecule has 0 aliphatic carbocycles. The molecule has 2 N–H and O–H groups in total. The molecule has 0 amide bonds. The van der Waals surface area contributed by atoms with Crippen LogP contribution in [0.15, 0.2) is 42.7 Å². The van der Waals surface area contributed by atoms with Gasteiger partial charge in [-0.3, -0.25) is 5.10 Å². The second-order valence-corrected chi connectivity index (χ2v) is 3.34. The van der Waals surface area contributed by atoms with Gasteiger partial charge in [0.05, 0.1) is 5.52 Å². The molecule has 16 heavy (non-hydrogen) atoms. The van der Waals surface area contributed by atoms with E-state index in [1.54, 1.807) is 12.4 Å². The minimum atomic E-state index is 0.547. The third-order valence-corrected chi connectivity index (χ3v) is 2.23. The predicted molar refractivity (Wildman–Crippen MR) is 61.4 cm³/mol. The molecular formula is C11H9N5. The largest absolute Gasteiger partial charge is 0.307 e. The Morgan fingerprint density at radius 3 is 2.94 bits per heavy atom. The van der Waals surface area contributed by atoms with E-state index in [1.807, 2.05) is 30.3 Å². The number of aromatic nitrogens is 4. The van der Waals surface area contributed by atoms with E-state index in [9.17, 15) is 0 Å². The van der Waals surface area contributed by atoms with Crippen LogP contribution < -0.4 is 5.32 Å². The fourth-order valence-electron chi connectivity index (χ4n) is 1.48. The first kappa shape index (κ1) is 8.84. The van der Waals surface area contributed by atoms with Crippen LogP contribution in [0.1, 0.15) is 0 Å². The van der Waals surface area contributed by atoms with Gasteiger partial charge in [-0.1, -0.05) is 18.2 Å². The van der Waals surface area contributed by atoms with E-state index < -0.39 is 0 Å². The number of benzene rings is 1. The van der Waals surface area contributed by atoms with Crippen molar-refractivity contribution in [1.82, 2.24) is 20.2 Å². The molecule has 0 atom stereocenters. The van der Waals surface area contributed by atoms with Crippen molar-refractivity contribution in [2.75, 3.05) is 5.32 Å². The number of hydrogen-bond acceptors (Lipinski definition) is 4. The first-order valence-electron chi connectivity index (χ1n) is 4.90. The number of nitrogens with zero attached hydrogens (tertiary/aromatic N) is 3. The van der Waals surface area contributed by atoms with Crippen LogP contribution in [0.2, 0.25) is 0 Å². The Balaban J connectivity index is 1.99. The molecule has 0 saturated heterocycles. The average molecular weight is 211 g/mol. The molecule has 2 aromatic heterocycles. The normalized spacial score (nSPS) is 10.5. The molecule has 1 aromatic carbocycles. The van der Waals surface area contributed by atoms with Gasteiger partial charge in [-0.2, -0.15) is 5.10 Å². The van der Waals surface area contributed by atoms with Crippen molar-refractivity contribution < 1.29 is 0 Å². The van der Waals surface area contributed by atoms with E-state index >= 15 is 0 Å². The molecule has 0 saturated carbocycles. The van der Waals surface area contributed by atoms with Gasteiger partial charge in [-0.05, 0) is 6.07 Å². The van der Waals surface area contributed by atoms with Gasteiger partial charge in [0.15, 0.2) is 5.82 Å². The fourth-order valence-corrected chi connectivity index (χ4v) is 1.48. The first-order chi connectivity index (χ1) is 7.92. The van der Waals surface area contributed by atoms with Gasteiger partial charge in [0.2, 0.25) is 5.95 Å². The standard InChI is InChI=1S/C11H9N5/c1-2-4-9-8(3-1)7-12-11(14-9)15-10-5-6-13-16-10/h1-7H,(H2,12,13,14,15,16).